The highest BCUT2D eigenvalue weighted by Crippen LogP contribution is 2.40. The molecule has 6 nitrogen and oxygen atoms in total. The van der Waals surface area contributed by atoms with Crippen molar-refractivity contribution in [1.29, 1.82) is 0 Å². The van der Waals surface area contributed by atoms with Gasteiger partial charge in [0.15, 0.2) is 0 Å². The fourth-order valence-electron chi connectivity index (χ4n) is 4.38. The van der Waals surface area contributed by atoms with Crippen molar-refractivity contribution in [3.63, 3.8) is 0 Å². The molecule has 0 atom stereocenters. The van der Waals surface area contributed by atoms with Crippen LogP contribution in [0.3, 0.4) is 0 Å². The van der Waals surface area contributed by atoms with Gasteiger partial charge in [0.25, 0.3) is 5.91 Å². The molecule has 2 aromatic rings. The van der Waals surface area contributed by atoms with Crippen LogP contribution in [0.4, 0.5) is 0 Å². The van der Waals surface area contributed by atoms with Gasteiger partial charge in [-0.15, -0.1) is 11.3 Å². The number of aromatic nitrogens is 1. The molecule has 1 aliphatic heterocycles. The SMILES string of the molecule is COCC1(CNC(=O)c2csc3c2CCN(Cc2c(C)noc2C)C3)CCC1. The molecule has 0 saturated heterocycles. The molecule has 1 N–H and O–H groups in total. The molecular formula is C21H29N3O3S. The summed E-state index contributed by atoms with van der Waals surface area (Å²) in [5.41, 5.74) is 4.39. The van der Waals surface area contributed by atoms with E-state index in [4.69, 9.17) is 9.26 Å². The van der Waals surface area contributed by atoms with E-state index in [9.17, 15) is 4.79 Å². The van der Waals surface area contributed by atoms with Gasteiger partial charge in [0.05, 0.1) is 17.9 Å². The molecule has 0 aromatic carbocycles. The van der Waals surface area contributed by atoms with E-state index in [-0.39, 0.29) is 11.3 Å². The Morgan fingerprint density at radius 3 is 2.89 bits per heavy atom. The van der Waals surface area contributed by atoms with Gasteiger partial charge < -0.3 is 14.6 Å². The van der Waals surface area contributed by atoms with Crippen LogP contribution in [-0.2, 0) is 24.2 Å². The molecule has 152 valence electrons. The molecule has 1 saturated carbocycles. The summed E-state index contributed by atoms with van der Waals surface area (Å²) in [6.45, 7) is 8.07. The van der Waals surface area contributed by atoms with Crippen LogP contribution in [0.1, 0.15) is 57.1 Å². The summed E-state index contributed by atoms with van der Waals surface area (Å²) in [4.78, 5) is 16.5. The predicted octanol–water partition coefficient (Wildman–Crippen LogP) is 3.46. The normalized spacial score (nSPS) is 18.5. The summed E-state index contributed by atoms with van der Waals surface area (Å²) < 4.78 is 10.7. The second kappa shape index (κ2) is 7.97. The number of aryl methyl sites for hydroxylation is 2. The lowest BCUT2D eigenvalue weighted by molar-refractivity contribution is 0.0180. The summed E-state index contributed by atoms with van der Waals surface area (Å²) in [5, 5.41) is 9.27. The second-order valence-corrected chi connectivity index (χ2v) is 9.25. The van der Waals surface area contributed by atoms with Crippen molar-refractivity contribution in [2.24, 2.45) is 5.41 Å². The summed E-state index contributed by atoms with van der Waals surface area (Å²) in [6, 6.07) is 0. The van der Waals surface area contributed by atoms with Crippen LogP contribution < -0.4 is 5.32 Å². The van der Waals surface area contributed by atoms with Gasteiger partial charge in [-0.05, 0) is 38.7 Å². The van der Waals surface area contributed by atoms with E-state index in [0.29, 0.717) is 6.54 Å². The highest BCUT2D eigenvalue weighted by Gasteiger charge is 2.37. The molecular weight excluding hydrogens is 374 g/mol. The molecule has 0 unspecified atom stereocenters. The van der Waals surface area contributed by atoms with Crippen LogP contribution in [-0.4, -0.2) is 42.8 Å². The van der Waals surface area contributed by atoms with Gasteiger partial charge in [0, 0.05) is 54.5 Å². The number of ether oxygens (including phenoxy) is 1. The van der Waals surface area contributed by atoms with Crippen LogP contribution in [0.25, 0.3) is 0 Å². The van der Waals surface area contributed by atoms with E-state index in [1.54, 1.807) is 18.4 Å². The third-order valence-electron chi connectivity index (χ3n) is 6.32. The molecule has 1 fully saturated rings. The van der Waals surface area contributed by atoms with Crippen molar-refractivity contribution in [2.45, 2.75) is 52.6 Å². The molecule has 1 aliphatic carbocycles. The first kappa shape index (κ1) is 19.6. The third-order valence-corrected chi connectivity index (χ3v) is 7.34. The van der Waals surface area contributed by atoms with Gasteiger partial charge in [-0.2, -0.15) is 0 Å². The van der Waals surface area contributed by atoms with Crippen LogP contribution in [0, 0.1) is 19.3 Å². The summed E-state index contributed by atoms with van der Waals surface area (Å²) in [5.74, 6) is 0.967. The number of carbonyl (C=O) groups excluding carboxylic acids is 1. The second-order valence-electron chi connectivity index (χ2n) is 8.28. The van der Waals surface area contributed by atoms with Crippen molar-refractivity contribution in [3.8, 4) is 0 Å². The lowest BCUT2D eigenvalue weighted by Crippen LogP contribution is -2.45. The lowest BCUT2D eigenvalue weighted by atomic mass is 9.69. The van der Waals surface area contributed by atoms with Gasteiger partial charge in [-0.25, -0.2) is 0 Å². The Balaban J connectivity index is 1.39. The number of amides is 1. The number of carbonyl (C=O) groups is 1. The highest BCUT2D eigenvalue weighted by atomic mass is 32.1. The number of hydrogen-bond acceptors (Lipinski definition) is 6. The fraction of sp³-hybridized carbons (Fsp3) is 0.619. The first-order valence-corrected chi connectivity index (χ1v) is 10.9. The molecule has 4 rings (SSSR count). The van der Waals surface area contributed by atoms with Crippen LogP contribution in [0.15, 0.2) is 9.90 Å². The van der Waals surface area contributed by atoms with E-state index in [1.165, 1.54) is 22.4 Å². The highest BCUT2D eigenvalue weighted by molar-refractivity contribution is 7.10. The molecule has 1 amide bonds. The van der Waals surface area contributed by atoms with Gasteiger partial charge in [0.2, 0.25) is 0 Å². The average Bonchev–Trinajstić information content (AvgIpc) is 3.21. The lowest BCUT2D eigenvalue weighted by Gasteiger charge is -2.41. The van der Waals surface area contributed by atoms with Crippen molar-refractivity contribution < 1.29 is 14.1 Å². The monoisotopic (exact) mass is 403 g/mol. The first-order chi connectivity index (χ1) is 13.5. The van der Waals surface area contributed by atoms with Crippen molar-refractivity contribution in [2.75, 3.05) is 26.8 Å². The Labute approximate surface area is 170 Å². The third kappa shape index (κ3) is 3.75. The zero-order chi connectivity index (χ0) is 19.7. The molecule has 3 heterocycles. The number of hydrogen-bond donors (Lipinski definition) is 1. The number of nitrogens with one attached hydrogen (secondary N) is 1. The van der Waals surface area contributed by atoms with E-state index in [0.717, 1.165) is 62.5 Å². The smallest absolute Gasteiger partial charge is 0.252 e. The minimum atomic E-state index is 0.0686. The number of thiophene rings is 1. The van der Waals surface area contributed by atoms with Gasteiger partial charge >= 0.3 is 0 Å². The zero-order valence-electron chi connectivity index (χ0n) is 17.0. The van der Waals surface area contributed by atoms with Crippen LogP contribution >= 0.6 is 11.3 Å². The number of rotatable bonds is 7. The molecule has 2 aromatic heterocycles. The van der Waals surface area contributed by atoms with E-state index in [2.05, 4.69) is 15.4 Å². The molecule has 0 spiro atoms. The van der Waals surface area contributed by atoms with Crippen LogP contribution in [0.2, 0.25) is 0 Å². The Kier molecular flexibility index (Phi) is 5.58. The molecule has 0 radical (unpaired) electrons. The Morgan fingerprint density at radius 1 is 1.43 bits per heavy atom. The minimum absolute atomic E-state index is 0.0686. The maximum absolute atomic E-state index is 12.8. The van der Waals surface area contributed by atoms with Gasteiger partial charge in [-0.1, -0.05) is 11.6 Å². The predicted molar refractivity (Wildman–Crippen MR) is 109 cm³/mol. The van der Waals surface area contributed by atoms with Gasteiger partial charge in [-0.3, -0.25) is 9.69 Å². The number of nitrogens with zero attached hydrogens (tertiary/aromatic N) is 2. The Bertz CT molecular complexity index is 834. The summed E-state index contributed by atoms with van der Waals surface area (Å²) in [7, 11) is 1.74. The number of fused-ring (bicyclic) bond motifs is 1. The average molecular weight is 404 g/mol. The molecule has 2 aliphatic rings. The molecule has 7 heteroatoms. The summed E-state index contributed by atoms with van der Waals surface area (Å²) >= 11 is 1.70. The van der Waals surface area contributed by atoms with Crippen molar-refractivity contribution >= 4 is 17.2 Å². The maximum Gasteiger partial charge on any atom is 0.252 e. The van der Waals surface area contributed by atoms with Crippen molar-refractivity contribution in [1.82, 2.24) is 15.4 Å². The van der Waals surface area contributed by atoms with Gasteiger partial charge in [0.1, 0.15) is 5.76 Å². The van der Waals surface area contributed by atoms with E-state index in [1.807, 2.05) is 19.2 Å². The van der Waals surface area contributed by atoms with E-state index < -0.39 is 0 Å². The standard InChI is InChI=1S/C21H29N3O3S/c1-14-17(15(2)27-23-14)9-24-8-5-16-18(11-28-19(16)10-24)20(25)22-12-21(13-26-3)6-4-7-21/h11H,4-10,12-13H2,1-3H3,(H,22,25). The van der Waals surface area contributed by atoms with Crippen molar-refractivity contribution in [3.05, 3.63) is 38.4 Å². The topological polar surface area (TPSA) is 67.6 Å². The maximum atomic E-state index is 12.8. The largest absolute Gasteiger partial charge is 0.384 e. The minimum Gasteiger partial charge on any atom is -0.384 e. The van der Waals surface area contributed by atoms with E-state index >= 15 is 0 Å². The fourth-order valence-corrected chi connectivity index (χ4v) is 5.50. The Morgan fingerprint density at radius 2 is 2.25 bits per heavy atom. The summed E-state index contributed by atoms with van der Waals surface area (Å²) in [6.07, 6.45) is 4.42. The molecule has 28 heavy (non-hydrogen) atoms. The molecule has 0 bridgehead atoms. The quantitative estimate of drug-likeness (QED) is 0.767. The van der Waals surface area contributed by atoms with Crippen LogP contribution in [0.5, 0.6) is 0 Å². The first-order valence-electron chi connectivity index (χ1n) is 10.0. The number of methoxy groups -OCH3 is 1. The Hall–Kier alpha value is -1.70. The zero-order valence-corrected chi connectivity index (χ0v) is 17.8.